The Balaban J connectivity index is 2.15. The number of hydrogen-bond acceptors (Lipinski definition) is 3. The number of nitrogens with zero attached hydrogens (tertiary/aromatic N) is 2. The van der Waals surface area contributed by atoms with Gasteiger partial charge in [0.05, 0.1) is 12.6 Å². The molecule has 1 aromatic rings. The van der Waals surface area contributed by atoms with Crippen molar-refractivity contribution in [2.45, 2.75) is 31.6 Å². The first-order chi connectivity index (χ1) is 8.52. The highest BCUT2D eigenvalue weighted by atomic mass is 19.4. The molecular formula is C11H16F3N3O. The first kappa shape index (κ1) is 13.4. The fourth-order valence-electron chi connectivity index (χ4n) is 2.16. The van der Waals surface area contributed by atoms with E-state index in [-0.39, 0.29) is 12.1 Å². The number of alkyl halides is 3. The number of nitrogens with one attached hydrogen (secondary N) is 1. The van der Waals surface area contributed by atoms with Gasteiger partial charge in [0.2, 0.25) is 0 Å². The van der Waals surface area contributed by atoms with Crippen molar-refractivity contribution < 1.29 is 17.9 Å². The molecule has 2 atom stereocenters. The molecule has 0 bridgehead atoms. The monoisotopic (exact) mass is 263 g/mol. The Morgan fingerprint density at radius 1 is 1.56 bits per heavy atom. The van der Waals surface area contributed by atoms with E-state index in [1.807, 2.05) is 6.92 Å². The molecule has 4 nitrogen and oxygen atoms in total. The normalized spacial score (nSPS) is 25.3. The zero-order valence-electron chi connectivity index (χ0n) is 10.1. The smallest absolute Gasteiger partial charge is 0.379 e. The van der Waals surface area contributed by atoms with Gasteiger partial charge in [-0.1, -0.05) is 6.92 Å². The number of halogens is 3. The summed E-state index contributed by atoms with van der Waals surface area (Å²) >= 11 is 0. The molecule has 0 amide bonds. The van der Waals surface area contributed by atoms with Crippen molar-refractivity contribution in [3.05, 3.63) is 18.0 Å². The van der Waals surface area contributed by atoms with Crippen molar-refractivity contribution in [3.63, 3.8) is 0 Å². The van der Waals surface area contributed by atoms with Crippen LogP contribution in [0, 0.1) is 0 Å². The predicted octanol–water partition coefficient (Wildman–Crippen LogP) is 1.84. The Morgan fingerprint density at radius 3 is 2.94 bits per heavy atom. The lowest BCUT2D eigenvalue weighted by Gasteiger charge is -2.32. The lowest BCUT2D eigenvalue weighted by atomic mass is 10.0. The zero-order chi connectivity index (χ0) is 13.2. The van der Waals surface area contributed by atoms with Gasteiger partial charge in [0, 0.05) is 18.8 Å². The van der Waals surface area contributed by atoms with Gasteiger partial charge >= 0.3 is 6.18 Å². The summed E-state index contributed by atoms with van der Waals surface area (Å²) in [5.74, 6) is 0. The summed E-state index contributed by atoms with van der Waals surface area (Å²) in [7, 11) is 0. The van der Waals surface area contributed by atoms with Gasteiger partial charge < -0.3 is 10.1 Å². The molecule has 0 aliphatic carbocycles. The largest absolute Gasteiger partial charge is 0.435 e. The highest BCUT2D eigenvalue weighted by molar-refractivity contribution is 5.04. The number of likely N-dealkylation sites (N-methyl/N-ethyl adjacent to an activating group) is 1. The van der Waals surface area contributed by atoms with Crippen molar-refractivity contribution in [1.29, 1.82) is 0 Å². The van der Waals surface area contributed by atoms with Crippen LogP contribution in [-0.4, -0.2) is 35.6 Å². The van der Waals surface area contributed by atoms with Crippen molar-refractivity contribution in [3.8, 4) is 0 Å². The Hall–Kier alpha value is -1.08. The fourth-order valence-corrected chi connectivity index (χ4v) is 2.16. The van der Waals surface area contributed by atoms with E-state index >= 15 is 0 Å². The molecule has 1 aliphatic rings. The van der Waals surface area contributed by atoms with Gasteiger partial charge in [-0.05, 0) is 19.0 Å². The third-order valence-corrected chi connectivity index (χ3v) is 3.03. The second kappa shape index (κ2) is 5.27. The summed E-state index contributed by atoms with van der Waals surface area (Å²) in [5.41, 5.74) is -0.858. The Bertz CT molecular complexity index is 389. The lowest BCUT2D eigenvalue weighted by molar-refractivity contribution is -0.141. The van der Waals surface area contributed by atoms with E-state index in [0.717, 1.165) is 19.0 Å². The van der Waals surface area contributed by atoms with Gasteiger partial charge in [0.25, 0.3) is 0 Å². The summed E-state index contributed by atoms with van der Waals surface area (Å²) in [6, 6.07) is 0.914. The number of aromatic nitrogens is 2. The average molecular weight is 263 g/mol. The summed E-state index contributed by atoms with van der Waals surface area (Å²) in [5, 5.41) is 6.87. The SMILES string of the molecule is CCNC1CCOCC1n1ccc(C(F)(F)F)n1. The van der Waals surface area contributed by atoms with Gasteiger partial charge in [-0.25, -0.2) is 0 Å². The number of rotatable bonds is 3. The van der Waals surface area contributed by atoms with Gasteiger partial charge in [-0.2, -0.15) is 18.3 Å². The quantitative estimate of drug-likeness (QED) is 0.904. The highest BCUT2D eigenvalue weighted by Gasteiger charge is 2.35. The van der Waals surface area contributed by atoms with Gasteiger partial charge in [0.1, 0.15) is 0 Å². The topological polar surface area (TPSA) is 39.1 Å². The van der Waals surface area contributed by atoms with Crippen LogP contribution in [0.2, 0.25) is 0 Å². The maximum Gasteiger partial charge on any atom is 0.435 e. The van der Waals surface area contributed by atoms with Crippen LogP contribution < -0.4 is 5.32 Å². The minimum Gasteiger partial charge on any atom is -0.379 e. The third kappa shape index (κ3) is 2.84. The summed E-state index contributed by atoms with van der Waals surface area (Å²) in [6.07, 6.45) is -2.25. The molecule has 1 aliphatic heterocycles. The second-order valence-corrected chi connectivity index (χ2v) is 4.27. The molecule has 102 valence electrons. The Kier molecular flexibility index (Phi) is 3.91. The zero-order valence-corrected chi connectivity index (χ0v) is 10.1. The van der Waals surface area contributed by atoms with E-state index in [9.17, 15) is 13.2 Å². The molecule has 1 aromatic heterocycles. The molecule has 2 unspecified atom stereocenters. The van der Waals surface area contributed by atoms with Crippen molar-refractivity contribution in [2.24, 2.45) is 0 Å². The summed E-state index contributed by atoms with van der Waals surface area (Å²) < 4.78 is 44.2. The van der Waals surface area contributed by atoms with Gasteiger partial charge in [-0.3, -0.25) is 4.68 Å². The third-order valence-electron chi connectivity index (χ3n) is 3.03. The molecular weight excluding hydrogens is 247 g/mol. The minimum absolute atomic E-state index is 0.102. The first-order valence-electron chi connectivity index (χ1n) is 5.96. The Morgan fingerprint density at radius 2 is 2.33 bits per heavy atom. The molecule has 7 heteroatoms. The van der Waals surface area contributed by atoms with E-state index in [1.54, 1.807) is 0 Å². The molecule has 0 spiro atoms. The van der Waals surface area contributed by atoms with Crippen LogP contribution in [0.25, 0.3) is 0 Å². The molecule has 2 rings (SSSR count). The van der Waals surface area contributed by atoms with Gasteiger partial charge in [-0.15, -0.1) is 0 Å². The molecule has 1 fully saturated rings. The van der Waals surface area contributed by atoms with Crippen LogP contribution >= 0.6 is 0 Å². The molecule has 2 heterocycles. The van der Waals surface area contributed by atoms with Gasteiger partial charge in [0.15, 0.2) is 5.69 Å². The van der Waals surface area contributed by atoms with Crippen LogP contribution in [0.15, 0.2) is 12.3 Å². The van der Waals surface area contributed by atoms with Crippen molar-refractivity contribution >= 4 is 0 Å². The Labute approximate surface area is 103 Å². The van der Waals surface area contributed by atoms with Crippen molar-refractivity contribution in [1.82, 2.24) is 15.1 Å². The van der Waals surface area contributed by atoms with Crippen LogP contribution in [0.5, 0.6) is 0 Å². The summed E-state index contributed by atoms with van der Waals surface area (Å²) in [4.78, 5) is 0. The van der Waals surface area contributed by atoms with Crippen LogP contribution in [-0.2, 0) is 10.9 Å². The lowest BCUT2D eigenvalue weighted by Crippen LogP contribution is -2.44. The van der Waals surface area contributed by atoms with E-state index < -0.39 is 11.9 Å². The van der Waals surface area contributed by atoms with Crippen LogP contribution in [0.3, 0.4) is 0 Å². The molecule has 1 N–H and O–H groups in total. The van der Waals surface area contributed by atoms with E-state index in [0.29, 0.717) is 13.2 Å². The fraction of sp³-hybridized carbons (Fsp3) is 0.727. The second-order valence-electron chi connectivity index (χ2n) is 4.27. The number of ether oxygens (including phenoxy) is 1. The standard InChI is InChI=1S/C11H16F3N3O/c1-2-15-8-4-6-18-7-9(8)17-5-3-10(16-17)11(12,13)14/h3,5,8-9,15H,2,4,6-7H2,1H3. The first-order valence-corrected chi connectivity index (χ1v) is 5.96. The van der Waals surface area contributed by atoms with Crippen LogP contribution in [0.1, 0.15) is 25.1 Å². The van der Waals surface area contributed by atoms with E-state index in [4.69, 9.17) is 4.74 Å². The molecule has 0 saturated carbocycles. The number of hydrogen-bond donors (Lipinski definition) is 1. The summed E-state index contributed by atoms with van der Waals surface area (Å²) in [6.45, 7) is 3.75. The maximum atomic E-state index is 12.5. The molecule has 18 heavy (non-hydrogen) atoms. The van der Waals surface area contributed by atoms with Crippen LogP contribution in [0.4, 0.5) is 13.2 Å². The van der Waals surface area contributed by atoms with E-state index in [1.165, 1.54) is 10.9 Å². The highest BCUT2D eigenvalue weighted by Crippen LogP contribution is 2.29. The molecule has 0 aromatic carbocycles. The van der Waals surface area contributed by atoms with E-state index in [2.05, 4.69) is 10.4 Å². The molecule has 0 radical (unpaired) electrons. The maximum absolute atomic E-state index is 12.5. The van der Waals surface area contributed by atoms with Crippen molar-refractivity contribution in [2.75, 3.05) is 19.8 Å². The predicted molar refractivity (Wildman–Crippen MR) is 59.2 cm³/mol. The average Bonchev–Trinajstić information content (AvgIpc) is 2.79. The molecule has 1 saturated heterocycles. The minimum atomic E-state index is -4.39.